The van der Waals surface area contributed by atoms with Crippen LogP contribution in [0.1, 0.15) is 43.9 Å². The molecule has 1 saturated carbocycles. The van der Waals surface area contributed by atoms with Gasteiger partial charge in [0.25, 0.3) is 0 Å². The highest BCUT2D eigenvalue weighted by molar-refractivity contribution is 5.36. The quantitative estimate of drug-likeness (QED) is 0.891. The molecule has 0 bridgehead atoms. The Hall–Kier alpha value is -1.80. The van der Waals surface area contributed by atoms with Crippen LogP contribution in [-0.2, 0) is 5.41 Å². The van der Waals surface area contributed by atoms with Crippen LogP contribution in [0, 0.1) is 0 Å². The van der Waals surface area contributed by atoms with Gasteiger partial charge in [0.2, 0.25) is 0 Å². The van der Waals surface area contributed by atoms with Gasteiger partial charge in [0.05, 0.1) is 6.10 Å². The van der Waals surface area contributed by atoms with Crippen molar-refractivity contribution in [2.75, 3.05) is 0 Å². The van der Waals surface area contributed by atoms with Crippen LogP contribution in [0.15, 0.2) is 54.6 Å². The number of hydrogen-bond donors (Lipinski definition) is 1. The molecule has 0 aliphatic heterocycles. The maximum absolute atomic E-state index is 6.56. The van der Waals surface area contributed by atoms with E-state index in [1.54, 1.807) is 0 Å². The Morgan fingerprint density at radius 2 is 1.76 bits per heavy atom. The molecule has 2 aromatic rings. The fraction of sp³-hybridized carbons (Fsp3) is 0.368. The first-order valence-corrected chi connectivity index (χ1v) is 7.65. The average molecular weight is 281 g/mol. The standard InChI is InChI=1S/C19H23NO/c1-19(2,15-8-4-3-5-9-15)18(20)14-7-6-10-17(13-14)21-16-11-12-16/h3-10,13,16,18H,11-12,20H2,1-2H3. The third-order valence-corrected chi connectivity index (χ3v) is 4.34. The van der Waals surface area contributed by atoms with Crippen LogP contribution >= 0.6 is 0 Å². The van der Waals surface area contributed by atoms with E-state index in [0.717, 1.165) is 11.3 Å². The second kappa shape index (κ2) is 5.53. The zero-order valence-electron chi connectivity index (χ0n) is 12.8. The van der Waals surface area contributed by atoms with Crippen molar-refractivity contribution < 1.29 is 4.74 Å². The summed E-state index contributed by atoms with van der Waals surface area (Å²) in [5.74, 6) is 0.939. The van der Waals surface area contributed by atoms with Crippen molar-refractivity contribution in [2.45, 2.75) is 44.2 Å². The first-order chi connectivity index (χ1) is 10.1. The summed E-state index contributed by atoms with van der Waals surface area (Å²) in [6.07, 6.45) is 2.76. The van der Waals surface area contributed by atoms with Crippen LogP contribution in [0.5, 0.6) is 5.75 Å². The Kier molecular flexibility index (Phi) is 3.73. The van der Waals surface area contributed by atoms with Crippen molar-refractivity contribution in [3.63, 3.8) is 0 Å². The molecule has 2 aromatic carbocycles. The maximum atomic E-state index is 6.56. The molecule has 2 heteroatoms. The normalized spacial score (nSPS) is 16.5. The molecule has 2 N–H and O–H groups in total. The molecule has 0 aromatic heterocycles. The minimum atomic E-state index is -0.126. The lowest BCUT2D eigenvalue weighted by Gasteiger charge is -2.32. The molecule has 0 amide bonds. The largest absolute Gasteiger partial charge is 0.490 e. The van der Waals surface area contributed by atoms with Crippen LogP contribution in [0.25, 0.3) is 0 Å². The summed E-state index contributed by atoms with van der Waals surface area (Å²) in [7, 11) is 0. The fourth-order valence-electron chi connectivity index (χ4n) is 2.62. The monoisotopic (exact) mass is 281 g/mol. The van der Waals surface area contributed by atoms with Gasteiger partial charge in [0, 0.05) is 11.5 Å². The van der Waals surface area contributed by atoms with Crippen LogP contribution < -0.4 is 10.5 Å². The molecule has 3 rings (SSSR count). The molecule has 2 nitrogen and oxygen atoms in total. The van der Waals surface area contributed by atoms with Crippen molar-refractivity contribution in [3.8, 4) is 5.75 Å². The van der Waals surface area contributed by atoms with Crippen LogP contribution in [0.3, 0.4) is 0 Å². The first kappa shape index (κ1) is 14.2. The van der Waals surface area contributed by atoms with Gasteiger partial charge in [-0.05, 0) is 36.1 Å². The summed E-state index contributed by atoms with van der Waals surface area (Å²) >= 11 is 0. The summed E-state index contributed by atoms with van der Waals surface area (Å²) < 4.78 is 5.88. The molecule has 0 spiro atoms. The summed E-state index contributed by atoms with van der Waals surface area (Å²) in [5.41, 5.74) is 8.82. The Bertz CT molecular complexity index is 602. The average Bonchev–Trinajstić information content (AvgIpc) is 3.31. The predicted molar refractivity (Wildman–Crippen MR) is 86.5 cm³/mol. The molecule has 0 heterocycles. The number of ether oxygens (including phenoxy) is 1. The topological polar surface area (TPSA) is 35.2 Å². The molecule has 0 radical (unpaired) electrons. The molecule has 21 heavy (non-hydrogen) atoms. The maximum Gasteiger partial charge on any atom is 0.120 e. The van der Waals surface area contributed by atoms with E-state index in [4.69, 9.17) is 10.5 Å². The van der Waals surface area contributed by atoms with Crippen LogP contribution in [0.4, 0.5) is 0 Å². The van der Waals surface area contributed by atoms with E-state index in [1.807, 2.05) is 18.2 Å². The smallest absolute Gasteiger partial charge is 0.120 e. The molecular formula is C19H23NO. The number of nitrogens with two attached hydrogens (primary N) is 1. The van der Waals surface area contributed by atoms with E-state index < -0.39 is 0 Å². The fourth-order valence-corrected chi connectivity index (χ4v) is 2.62. The molecule has 0 saturated heterocycles. The van der Waals surface area contributed by atoms with E-state index >= 15 is 0 Å². The van der Waals surface area contributed by atoms with E-state index in [2.05, 4.69) is 50.2 Å². The lowest BCUT2D eigenvalue weighted by Crippen LogP contribution is -2.33. The van der Waals surface area contributed by atoms with Crippen molar-refractivity contribution in [1.29, 1.82) is 0 Å². The summed E-state index contributed by atoms with van der Waals surface area (Å²) in [4.78, 5) is 0. The number of hydrogen-bond acceptors (Lipinski definition) is 2. The molecule has 1 aliphatic rings. The van der Waals surface area contributed by atoms with Crippen molar-refractivity contribution in [3.05, 3.63) is 65.7 Å². The zero-order chi connectivity index (χ0) is 14.9. The van der Waals surface area contributed by atoms with Crippen molar-refractivity contribution in [1.82, 2.24) is 0 Å². The third kappa shape index (κ3) is 3.11. The third-order valence-electron chi connectivity index (χ3n) is 4.34. The molecule has 1 unspecified atom stereocenters. The highest BCUT2D eigenvalue weighted by Crippen LogP contribution is 2.36. The number of rotatable bonds is 5. The second-order valence-corrected chi connectivity index (χ2v) is 6.46. The number of benzene rings is 2. The molecular weight excluding hydrogens is 258 g/mol. The Balaban J connectivity index is 1.84. The minimum Gasteiger partial charge on any atom is -0.490 e. The Morgan fingerprint density at radius 3 is 2.43 bits per heavy atom. The van der Waals surface area contributed by atoms with Gasteiger partial charge in [-0.25, -0.2) is 0 Å². The van der Waals surface area contributed by atoms with Crippen molar-refractivity contribution >= 4 is 0 Å². The van der Waals surface area contributed by atoms with Gasteiger partial charge in [0.15, 0.2) is 0 Å². The zero-order valence-corrected chi connectivity index (χ0v) is 12.8. The van der Waals surface area contributed by atoms with Gasteiger partial charge < -0.3 is 10.5 Å². The minimum absolute atomic E-state index is 0.0670. The summed E-state index contributed by atoms with van der Waals surface area (Å²) in [6.45, 7) is 4.39. The second-order valence-electron chi connectivity index (χ2n) is 6.46. The van der Waals surface area contributed by atoms with E-state index in [9.17, 15) is 0 Å². The van der Waals surface area contributed by atoms with Gasteiger partial charge in [0.1, 0.15) is 5.75 Å². The summed E-state index contributed by atoms with van der Waals surface area (Å²) in [5, 5.41) is 0. The van der Waals surface area contributed by atoms with E-state index in [1.165, 1.54) is 18.4 Å². The highest BCUT2D eigenvalue weighted by atomic mass is 16.5. The van der Waals surface area contributed by atoms with Gasteiger partial charge in [-0.1, -0.05) is 56.3 Å². The predicted octanol–water partition coefficient (Wildman–Crippen LogP) is 4.21. The molecule has 1 fully saturated rings. The lowest BCUT2D eigenvalue weighted by molar-refractivity contribution is 0.302. The Labute approximate surface area is 126 Å². The van der Waals surface area contributed by atoms with Crippen LogP contribution in [0.2, 0.25) is 0 Å². The Morgan fingerprint density at radius 1 is 1.05 bits per heavy atom. The summed E-state index contributed by atoms with van der Waals surface area (Å²) in [6, 6.07) is 18.6. The SMILES string of the molecule is CC(C)(c1ccccc1)C(N)c1cccc(OC2CC2)c1. The highest BCUT2D eigenvalue weighted by Gasteiger charge is 2.30. The van der Waals surface area contributed by atoms with Gasteiger partial charge in [-0.3, -0.25) is 0 Å². The lowest BCUT2D eigenvalue weighted by atomic mass is 9.75. The first-order valence-electron chi connectivity index (χ1n) is 7.65. The van der Waals surface area contributed by atoms with Gasteiger partial charge >= 0.3 is 0 Å². The van der Waals surface area contributed by atoms with Crippen molar-refractivity contribution in [2.24, 2.45) is 5.73 Å². The molecule has 1 aliphatic carbocycles. The van der Waals surface area contributed by atoms with Crippen LogP contribution in [-0.4, -0.2) is 6.10 Å². The molecule has 110 valence electrons. The van der Waals surface area contributed by atoms with Gasteiger partial charge in [-0.2, -0.15) is 0 Å². The van der Waals surface area contributed by atoms with Gasteiger partial charge in [-0.15, -0.1) is 0 Å². The molecule has 1 atom stereocenters. The van der Waals surface area contributed by atoms with E-state index in [-0.39, 0.29) is 11.5 Å². The van der Waals surface area contributed by atoms with E-state index in [0.29, 0.717) is 6.10 Å².